The second-order valence-corrected chi connectivity index (χ2v) is 4.67. The van der Waals surface area contributed by atoms with E-state index in [4.69, 9.17) is 39.5 Å². The van der Waals surface area contributed by atoms with Gasteiger partial charge in [-0.2, -0.15) is 0 Å². The highest BCUT2D eigenvalue weighted by Gasteiger charge is 2.11. The minimum Gasteiger partial charge on any atom is -0.496 e. The summed E-state index contributed by atoms with van der Waals surface area (Å²) in [6.07, 6.45) is 0. The second kappa shape index (κ2) is 5.18. The predicted octanol–water partition coefficient (Wildman–Crippen LogP) is 5.32. The first-order chi connectivity index (χ1) is 8.13. The van der Waals surface area contributed by atoms with Gasteiger partial charge in [0.1, 0.15) is 5.75 Å². The zero-order valence-corrected chi connectivity index (χ0v) is 11.3. The number of hydrogen-bond acceptors (Lipinski definition) is 1. The summed E-state index contributed by atoms with van der Waals surface area (Å²) >= 11 is 18.1. The lowest BCUT2D eigenvalue weighted by atomic mass is 10.0. The normalized spacial score (nSPS) is 10.4. The van der Waals surface area contributed by atoms with Gasteiger partial charge in [-0.1, -0.05) is 46.9 Å². The summed E-state index contributed by atoms with van der Waals surface area (Å²) in [5.41, 5.74) is 1.69. The van der Waals surface area contributed by atoms with Gasteiger partial charge in [0.2, 0.25) is 0 Å². The number of halogens is 3. The lowest BCUT2D eigenvalue weighted by molar-refractivity contribution is 0.416. The average molecular weight is 288 g/mol. The summed E-state index contributed by atoms with van der Waals surface area (Å²) in [4.78, 5) is 0. The van der Waals surface area contributed by atoms with E-state index in [2.05, 4.69) is 0 Å². The zero-order valence-electron chi connectivity index (χ0n) is 9.01. The van der Waals surface area contributed by atoms with E-state index in [1.807, 2.05) is 18.2 Å². The summed E-state index contributed by atoms with van der Waals surface area (Å²) in [5, 5.41) is 1.64. The molecular formula is C13H9Cl3O. The molecule has 0 amide bonds. The van der Waals surface area contributed by atoms with Crippen LogP contribution in [0.2, 0.25) is 15.1 Å². The van der Waals surface area contributed by atoms with Crippen LogP contribution < -0.4 is 4.74 Å². The van der Waals surface area contributed by atoms with Gasteiger partial charge in [-0.05, 0) is 24.3 Å². The summed E-state index contributed by atoms with van der Waals surface area (Å²) in [7, 11) is 1.59. The number of ether oxygens (including phenoxy) is 1. The lowest BCUT2D eigenvalue weighted by Crippen LogP contribution is -1.88. The Kier molecular flexibility index (Phi) is 3.82. The molecule has 0 atom stereocenters. The van der Waals surface area contributed by atoms with E-state index >= 15 is 0 Å². The summed E-state index contributed by atoms with van der Waals surface area (Å²) in [6, 6.07) is 10.9. The van der Waals surface area contributed by atoms with Gasteiger partial charge in [0, 0.05) is 16.1 Å². The van der Waals surface area contributed by atoms with Crippen LogP contribution in [0, 0.1) is 0 Å². The van der Waals surface area contributed by atoms with Crippen molar-refractivity contribution in [1.82, 2.24) is 0 Å². The van der Waals surface area contributed by atoms with Crippen LogP contribution >= 0.6 is 34.8 Å². The second-order valence-electron chi connectivity index (χ2n) is 3.45. The van der Waals surface area contributed by atoms with Gasteiger partial charge in [0.25, 0.3) is 0 Å². The van der Waals surface area contributed by atoms with Crippen molar-refractivity contribution in [3.8, 4) is 16.9 Å². The minimum atomic E-state index is 0.509. The molecule has 0 heterocycles. The molecule has 0 radical (unpaired) electrons. The van der Waals surface area contributed by atoms with E-state index in [1.165, 1.54) is 0 Å². The van der Waals surface area contributed by atoms with Crippen molar-refractivity contribution >= 4 is 34.8 Å². The standard InChI is InChI=1S/C13H9Cl3O/c1-17-12-7-8(14)5-6-9(12)10-3-2-4-11(15)13(10)16/h2-7H,1H3. The van der Waals surface area contributed by atoms with Gasteiger partial charge in [-0.3, -0.25) is 0 Å². The Morgan fingerprint density at radius 2 is 1.71 bits per heavy atom. The van der Waals surface area contributed by atoms with Crippen molar-refractivity contribution in [3.05, 3.63) is 51.5 Å². The molecule has 4 heteroatoms. The topological polar surface area (TPSA) is 9.23 Å². The third-order valence-corrected chi connectivity index (χ3v) is 3.46. The van der Waals surface area contributed by atoms with Crippen LogP contribution in [0.15, 0.2) is 36.4 Å². The molecule has 0 unspecified atom stereocenters. The number of benzene rings is 2. The van der Waals surface area contributed by atoms with Crippen LogP contribution in [0.1, 0.15) is 0 Å². The summed E-state index contributed by atoms with van der Waals surface area (Å²) in [5.74, 6) is 0.668. The SMILES string of the molecule is COc1cc(Cl)ccc1-c1cccc(Cl)c1Cl. The van der Waals surface area contributed by atoms with E-state index in [9.17, 15) is 0 Å². The monoisotopic (exact) mass is 286 g/mol. The van der Waals surface area contributed by atoms with Crippen LogP contribution in [0.5, 0.6) is 5.75 Å². The lowest BCUT2D eigenvalue weighted by Gasteiger charge is -2.11. The van der Waals surface area contributed by atoms with Gasteiger partial charge in [0.15, 0.2) is 0 Å². The maximum absolute atomic E-state index is 6.18. The maximum Gasteiger partial charge on any atom is 0.128 e. The first-order valence-electron chi connectivity index (χ1n) is 4.91. The van der Waals surface area contributed by atoms with Crippen molar-refractivity contribution in [3.63, 3.8) is 0 Å². The van der Waals surface area contributed by atoms with Crippen molar-refractivity contribution in [1.29, 1.82) is 0 Å². The Balaban J connectivity index is 2.64. The molecule has 0 aliphatic rings. The number of rotatable bonds is 2. The average Bonchev–Trinajstić information content (AvgIpc) is 2.33. The molecule has 0 aliphatic heterocycles. The molecule has 2 aromatic carbocycles. The summed E-state index contributed by atoms with van der Waals surface area (Å²) in [6.45, 7) is 0. The van der Waals surface area contributed by atoms with Gasteiger partial charge in [-0.15, -0.1) is 0 Å². The van der Waals surface area contributed by atoms with Crippen molar-refractivity contribution < 1.29 is 4.74 Å². The van der Waals surface area contributed by atoms with E-state index < -0.39 is 0 Å². The van der Waals surface area contributed by atoms with E-state index in [0.29, 0.717) is 20.8 Å². The molecule has 2 aromatic rings. The molecule has 17 heavy (non-hydrogen) atoms. The third kappa shape index (κ3) is 2.52. The van der Waals surface area contributed by atoms with E-state index in [1.54, 1.807) is 25.3 Å². The number of hydrogen-bond donors (Lipinski definition) is 0. The molecule has 2 rings (SSSR count). The Morgan fingerprint density at radius 3 is 2.41 bits per heavy atom. The van der Waals surface area contributed by atoms with Crippen LogP contribution in [0.25, 0.3) is 11.1 Å². The molecule has 0 bridgehead atoms. The molecule has 88 valence electrons. The van der Waals surface area contributed by atoms with Gasteiger partial charge >= 0.3 is 0 Å². The fraction of sp³-hybridized carbons (Fsp3) is 0.0769. The van der Waals surface area contributed by atoms with Crippen molar-refractivity contribution in [2.45, 2.75) is 0 Å². The predicted molar refractivity (Wildman–Crippen MR) is 73.5 cm³/mol. The first-order valence-corrected chi connectivity index (χ1v) is 6.05. The van der Waals surface area contributed by atoms with Crippen LogP contribution in [0.4, 0.5) is 0 Å². The largest absolute Gasteiger partial charge is 0.496 e. The molecule has 0 aliphatic carbocycles. The highest BCUT2D eigenvalue weighted by atomic mass is 35.5. The summed E-state index contributed by atoms with van der Waals surface area (Å²) < 4.78 is 5.29. The highest BCUT2D eigenvalue weighted by molar-refractivity contribution is 6.43. The van der Waals surface area contributed by atoms with Crippen molar-refractivity contribution in [2.75, 3.05) is 7.11 Å². The molecule has 0 N–H and O–H groups in total. The molecule has 0 spiro atoms. The quantitative estimate of drug-likeness (QED) is 0.726. The fourth-order valence-electron chi connectivity index (χ4n) is 1.60. The first kappa shape index (κ1) is 12.6. The minimum absolute atomic E-state index is 0.509. The molecular weight excluding hydrogens is 279 g/mol. The Morgan fingerprint density at radius 1 is 0.941 bits per heavy atom. The molecule has 0 fully saturated rings. The van der Waals surface area contributed by atoms with Crippen LogP contribution in [0.3, 0.4) is 0 Å². The zero-order chi connectivity index (χ0) is 12.4. The molecule has 0 aromatic heterocycles. The Bertz CT molecular complexity index is 552. The molecule has 1 nitrogen and oxygen atoms in total. The Labute approximate surface area is 115 Å². The molecule has 0 saturated carbocycles. The maximum atomic E-state index is 6.18. The van der Waals surface area contributed by atoms with Gasteiger partial charge in [0.05, 0.1) is 17.2 Å². The van der Waals surface area contributed by atoms with E-state index in [-0.39, 0.29) is 0 Å². The van der Waals surface area contributed by atoms with Crippen molar-refractivity contribution in [2.24, 2.45) is 0 Å². The highest BCUT2D eigenvalue weighted by Crippen LogP contribution is 2.39. The molecule has 0 saturated heterocycles. The third-order valence-electron chi connectivity index (χ3n) is 2.41. The van der Waals surface area contributed by atoms with Crippen LogP contribution in [-0.2, 0) is 0 Å². The fourth-order valence-corrected chi connectivity index (χ4v) is 2.16. The van der Waals surface area contributed by atoms with Gasteiger partial charge < -0.3 is 4.74 Å². The van der Waals surface area contributed by atoms with E-state index in [0.717, 1.165) is 11.1 Å². The smallest absolute Gasteiger partial charge is 0.128 e. The van der Waals surface area contributed by atoms with Crippen LogP contribution in [-0.4, -0.2) is 7.11 Å². The number of methoxy groups -OCH3 is 1. The Hall–Kier alpha value is -0.890. The van der Waals surface area contributed by atoms with Gasteiger partial charge in [-0.25, -0.2) is 0 Å².